The Hall–Kier alpha value is -4.52. The molecule has 0 saturated carbocycles. The number of carbonyl (C=O) groups is 2. The summed E-state index contributed by atoms with van der Waals surface area (Å²) in [6, 6.07) is 16.0. The number of piperidine rings is 1. The van der Waals surface area contributed by atoms with Crippen molar-refractivity contribution in [2.24, 2.45) is 5.73 Å². The third-order valence-electron chi connectivity index (χ3n) is 6.55. The summed E-state index contributed by atoms with van der Waals surface area (Å²) in [5, 5.41) is 0. The zero-order chi connectivity index (χ0) is 28.4. The lowest BCUT2D eigenvalue weighted by Crippen LogP contribution is -2.44. The Labute approximate surface area is 225 Å². The molecule has 13 heteroatoms. The predicted molar refractivity (Wildman–Crippen MR) is 139 cm³/mol. The molecule has 1 aliphatic heterocycles. The van der Waals surface area contributed by atoms with Crippen molar-refractivity contribution in [2.75, 3.05) is 18.0 Å². The van der Waals surface area contributed by atoms with Crippen molar-refractivity contribution in [1.82, 2.24) is 19.1 Å². The number of carbonyl (C=O) groups excluding carboxylic acids is 2. The van der Waals surface area contributed by atoms with Crippen LogP contribution in [0.15, 0.2) is 65.5 Å². The van der Waals surface area contributed by atoms with Gasteiger partial charge in [-0.25, -0.2) is 4.79 Å². The van der Waals surface area contributed by atoms with Crippen LogP contribution in [0, 0.1) is 0 Å². The van der Waals surface area contributed by atoms with Crippen LogP contribution in [0.3, 0.4) is 0 Å². The number of anilines is 1. The number of esters is 1. The molecule has 2 aromatic heterocycles. The van der Waals surface area contributed by atoms with E-state index in [4.69, 9.17) is 5.73 Å². The Morgan fingerprint density at radius 3 is 2.33 bits per heavy atom. The van der Waals surface area contributed by atoms with Gasteiger partial charge in [-0.3, -0.25) is 18.7 Å². The Kier molecular flexibility index (Phi) is 7.39. The number of nitrogens with two attached hydrogens (primary N) is 1. The van der Waals surface area contributed by atoms with Crippen molar-refractivity contribution < 1.29 is 27.5 Å². The maximum absolute atomic E-state index is 13.9. The van der Waals surface area contributed by atoms with Crippen molar-refractivity contribution in [3.05, 3.63) is 82.1 Å². The largest absolute Gasteiger partial charge is 0.491 e. The zero-order valence-electron chi connectivity index (χ0n) is 21.2. The fourth-order valence-corrected chi connectivity index (χ4v) is 4.65. The van der Waals surface area contributed by atoms with Gasteiger partial charge < -0.3 is 15.4 Å². The van der Waals surface area contributed by atoms with Gasteiger partial charge >= 0.3 is 18.2 Å². The van der Waals surface area contributed by atoms with Crippen LogP contribution in [0.25, 0.3) is 11.2 Å². The number of rotatable bonds is 7. The number of ether oxygens (including phenoxy) is 1. The first-order valence-electron chi connectivity index (χ1n) is 12.5. The van der Waals surface area contributed by atoms with Crippen molar-refractivity contribution in [3.8, 4) is 6.01 Å². The minimum atomic E-state index is -5.36. The molecule has 40 heavy (non-hydrogen) atoms. The van der Waals surface area contributed by atoms with E-state index in [-0.39, 0.29) is 29.3 Å². The number of benzene rings is 2. The maximum Gasteiger partial charge on any atom is 0.491 e. The van der Waals surface area contributed by atoms with Gasteiger partial charge in [0, 0.05) is 24.7 Å². The molecule has 1 unspecified atom stereocenters. The molecule has 2 aromatic carbocycles. The van der Waals surface area contributed by atoms with Crippen molar-refractivity contribution in [2.45, 2.75) is 38.1 Å². The third-order valence-corrected chi connectivity index (χ3v) is 6.55. The monoisotopic (exact) mass is 554 g/mol. The van der Waals surface area contributed by atoms with E-state index in [1.807, 2.05) is 35.2 Å². The molecule has 5 rings (SSSR count). The van der Waals surface area contributed by atoms with Gasteiger partial charge in [0.2, 0.25) is 5.95 Å². The number of halogens is 3. The van der Waals surface area contributed by atoms with E-state index in [1.54, 1.807) is 22.8 Å². The van der Waals surface area contributed by atoms with E-state index in [9.17, 15) is 27.6 Å². The van der Waals surface area contributed by atoms with E-state index < -0.39 is 36.0 Å². The molecule has 0 radical (unpaired) electrons. The standard InChI is InChI=1S/C27H25F3N6O4/c28-27(29,30)24(39)40-26-33-22-21(23(38)36(26)16-20(37)18-10-5-2-6-11-18)35(14-17-8-3-1-4-9-17)25(32-22)34-13-7-12-19(31)15-34/h1-6,8-11,19H,7,12-16,31H2. The lowest BCUT2D eigenvalue weighted by atomic mass is 10.1. The first-order valence-corrected chi connectivity index (χ1v) is 12.5. The number of alkyl halides is 3. The summed E-state index contributed by atoms with van der Waals surface area (Å²) in [7, 11) is 0. The Morgan fingerprint density at radius 1 is 1.00 bits per heavy atom. The highest BCUT2D eigenvalue weighted by molar-refractivity contribution is 5.96. The number of fused-ring (bicyclic) bond motifs is 1. The number of hydrogen-bond acceptors (Lipinski definition) is 8. The molecule has 1 saturated heterocycles. The van der Waals surface area contributed by atoms with E-state index in [2.05, 4.69) is 14.7 Å². The molecular formula is C27H25F3N6O4. The number of aromatic nitrogens is 4. The summed E-state index contributed by atoms with van der Waals surface area (Å²) < 4.78 is 46.1. The second-order valence-corrected chi connectivity index (χ2v) is 9.47. The molecule has 208 valence electrons. The first-order chi connectivity index (χ1) is 19.1. The topological polar surface area (TPSA) is 125 Å². The van der Waals surface area contributed by atoms with Crippen LogP contribution in [-0.2, 0) is 17.9 Å². The van der Waals surface area contributed by atoms with Gasteiger partial charge in [-0.15, -0.1) is 0 Å². The molecule has 0 spiro atoms. The highest BCUT2D eigenvalue weighted by atomic mass is 19.4. The molecule has 0 aliphatic carbocycles. The van der Waals surface area contributed by atoms with Crippen molar-refractivity contribution >= 4 is 28.9 Å². The van der Waals surface area contributed by atoms with E-state index in [1.165, 1.54) is 12.1 Å². The van der Waals surface area contributed by atoms with Gasteiger partial charge in [0.1, 0.15) is 0 Å². The lowest BCUT2D eigenvalue weighted by Gasteiger charge is -2.31. The molecule has 0 amide bonds. The average Bonchev–Trinajstić information content (AvgIpc) is 3.29. The van der Waals surface area contributed by atoms with Gasteiger partial charge in [0.15, 0.2) is 16.9 Å². The van der Waals surface area contributed by atoms with Crippen molar-refractivity contribution in [3.63, 3.8) is 0 Å². The molecule has 3 heterocycles. The number of hydrogen-bond donors (Lipinski definition) is 1. The highest BCUT2D eigenvalue weighted by Gasteiger charge is 2.42. The molecule has 4 aromatic rings. The molecule has 0 bridgehead atoms. The minimum Gasteiger partial charge on any atom is -0.385 e. The summed E-state index contributed by atoms with van der Waals surface area (Å²) in [4.78, 5) is 49.1. The Balaban J connectivity index is 1.69. The zero-order valence-corrected chi connectivity index (χ0v) is 21.2. The Bertz CT molecular complexity index is 1600. The van der Waals surface area contributed by atoms with E-state index in [0.29, 0.717) is 23.6 Å². The van der Waals surface area contributed by atoms with Gasteiger partial charge in [-0.1, -0.05) is 60.7 Å². The smallest absolute Gasteiger partial charge is 0.385 e. The molecule has 1 fully saturated rings. The molecule has 1 atom stereocenters. The van der Waals surface area contributed by atoms with Crippen LogP contribution in [0.4, 0.5) is 19.1 Å². The number of Topliss-reactive ketones (excluding diaryl/α,β-unsaturated/α-hetero) is 1. The predicted octanol–water partition coefficient (Wildman–Crippen LogP) is 2.92. The molecule has 1 aliphatic rings. The third kappa shape index (κ3) is 5.59. The van der Waals surface area contributed by atoms with Gasteiger partial charge in [0.25, 0.3) is 5.56 Å². The Morgan fingerprint density at radius 2 is 1.68 bits per heavy atom. The lowest BCUT2D eigenvalue weighted by molar-refractivity contribution is -0.190. The first kappa shape index (κ1) is 27.1. The molecule has 10 nitrogen and oxygen atoms in total. The van der Waals surface area contributed by atoms with Crippen LogP contribution in [0.5, 0.6) is 6.01 Å². The summed E-state index contributed by atoms with van der Waals surface area (Å²) in [6.07, 6.45) is -3.78. The second-order valence-electron chi connectivity index (χ2n) is 9.47. The van der Waals surface area contributed by atoms with Crippen molar-refractivity contribution in [1.29, 1.82) is 0 Å². The number of imidazole rings is 1. The normalized spacial score (nSPS) is 15.8. The second kappa shape index (κ2) is 10.9. The minimum absolute atomic E-state index is 0.0503. The summed E-state index contributed by atoms with van der Waals surface area (Å²) in [5.74, 6) is -2.83. The fraction of sp³-hybridized carbons (Fsp3) is 0.296. The van der Waals surface area contributed by atoms with Gasteiger partial charge in [-0.2, -0.15) is 23.1 Å². The van der Waals surface area contributed by atoms with Crippen LogP contribution in [0.1, 0.15) is 28.8 Å². The SMILES string of the molecule is NC1CCCN(c2nc3nc(OC(=O)C(F)(F)F)n(CC(=O)c4ccccc4)c(=O)c3n2Cc2ccccc2)C1. The summed E-state index contributed by atoms with van der Waals surface area (Å²) >= 11 is 0. The molecular weight excluding hydrogens is 529 g/mol. The van der Waals surface area contributed by atoms with Gasteiger partial charge in [0.05, 0.1) is 13.1 Å². The van der Waals surface area contributed by atoms with E-state index >= 15 is 0 Å². The van der Waals surface area contributed by atoms with Crippen LogP contribution >= 0.6 is 0 Å². The quantitative estimate of drug-likeness (QED) is 0.273. The van der Waals surface area contributed by atoms with Crippen LogP contribution in [-0.4, -0.2) is 56.2 Å². The summed E-state index contributed by atoms with van der Waals surface area (Å²) in [5.41, 5.74) is 6.07. The highest BCUT2D eigenvalue weighted by Crippen LogP contribution is 2.26. The number of ketones is 1. The summed E-state index contributed by atoms with van der Waals surface area (Å²) in [6.45, 7) is 0.494. The maximum atomic E-state index is 13.9. The van der Waals surface area contributed by atoms with E-state index in [0.717, 1.165) is 18.4 Å². The van der Waals surface area contributed by atoms with Crippen LogP contribution < -0.4 is 20.9 Å². The molecule has 2 N–H and O–H groups in total. The average molecular weight is 555 g/mol. The fourth-order valence-electron chi connectivity index (χ4n) is 4.65. The number of nitrogens with zero attached hydrogens (tertiary/aromatic N) is 5. The van der Waals surface area contributed by atoms with Gasteiger partial charge in [-0.05, 0) is 18.4 Å². The van der Waals surface area contributed by atoms with Crippen LogP contribution in [0.2, 0.25) is 0 Å².